The zero-order chi connectivity index (χ0) is 34.9. The number of hydrogen-bond acceptors (Lipinski definition) is 8. The fourth-order valence-electron chi connectivity index (χ4n) is 13.2. The highest BCUT2D eigenvalue weighted by Gasteiger charge is 2.63. The molecule has 6 fully saturated rings. The molecule has 50 heavy (non-hydrogen) atoms. The van der Waals surface area contributed by atoms with Gasteiger partial charge in [0.25, 0.3) is 0 Å². The molecule has 8 aliphatic rings. The second-order valence-corrected chi connectivity index (χ2v) is 17.6. The van der Waals surface area contributed by atoms with Crippen molar-refractivity contribution in [3.8, 4) is 0 Å². The third-order valence-electron chi connectivity index (χ3n) is 15.4. The summed E-state index contributed by atoms with van der Waals surface area (Å²) in [4.78, 5) is 77.1. The number of rotatable bonds is 7. The summed E-state index contributed by atoms with van der Waals surface area (Å²) in [5.41, 5.74) is 1.52. The van der Waals surface area contributed by atoms with E-state index < -0.39 is 16.8 Å². The largest absolute Gasteiger partial charge is 0.462 e. The lowest BCUT2D eigenvalue weighted by atomic mass is 9.47. The van der Waals surface area contributed by atoms with Gasteiger partial charge in [0.1, 0.15) is 18.5 Å². The maximum atomic E-state index is 13.8. The number of ketones is 4. The van der Waals surface area contributed by atoms with Crippen molar-refractivity contribution in [2.75, 3.05) is 6.61 Å². The van der Waals surface area contributed by atoms with E-state index in [0.29, 0.717) is 48.9 Å². The second-order valence-electron chi connectivity index (χ2n) is 17.6. The predicted molar refractivity (Wildman–Crippen MR) is 183 cm³/mol. The van der Waals surface area contributed by atoms with Crippen LogP contribution >= 0.6 is 0 Å². The number of fused-ring (bicyclic) bond motifs is 10. The van der Waals surface area contributed by atoms with Gasteiger partial charge in [0, 0.05) is 30.1 Å². The lowest BCUT2D eigenvalue weighted by molar-refractivity contribution is -0.157. The highest BCUT2D eigenvalue weighted by molar-refractivity contribution is 6.02. The Bertz CT molecular complexity index is 1600. The number of Topliss-reactive ketones (excluding diaryl/α,β-unsaturated/α-hetero) is 2. The Labute approximate surface area is 295 Å². The first-order valence-electron chi connectivity index (χ1n) is 19.5. The zero-order valence-electron chi connectivity index (χ0n) is 29.7. The summed E-state index contributed by atoms with van der Waals surface area (Å²) in [6, 6.07) is 0. The van der Waals surface area contributed by atoms with E-state index in [1.165, 1.54) is 5.57 Å². The molecule has 0 aromatic rings. The molecule has 0 N–H and O–H groups in total. The summed E-state index contributed by atoms with van der Waals surface area (Å²) < 4.78 is 11.4. The number of ether oxygens (including phenoxy) is 2. The van der Waals surface area contributed by atoms with Crippen LogP contribution in [0.5, 0.6) is 0 Å². The lowest BCUT2D eigenvalue weighted by Gasteiger charge is -2.55. The SMILES string of the molecule is C[C@]12C=CC(=O)C=C1CCC1C2C(=O)C[C@@]2(C)C1CC[C@@H]2C(=O)COC(=O)CCC(=O)O[C@H]1CCC2C3CCC4=CC(=O)CCC4C3CCC21. The summed E-state index contributed by atoms with van der Waals surface area (Å²) in [5, 5.41) is 0. The summed E-state index contributed by atoms with van der Waals surface area (Å²) in [7, 11) is 0. The maximum absolute atomic E-state index is 13.8. The molecule has 0 saturated heterocycles. The standard InChI is InChI=1S/C42H52O8/c1-41-18-17-26(44)20-24(41)4-7-32-33-12-13-34(42(33,2)21-35(45)40(32)41)36(46)22-49-38(47)15-16-39(48)50-37-14-11-30-29-6-3-23-19-25(43)5-8-27(23)28(29)9-10-31(30)37/h17-20,27-34,37,40H,3-16,21-22H2,1-2H3/t27?,28?,29?,30?,31?,32?,33?,34-,37+,40?,41+,42+/m1/s1. The number of carbonyl (C=O) groups is 6. The fourth-order valence-corrected chi connectivity index (χ4v) is 13.2. The molecule has 0 aromatic heterocycles. The van der Waals surface area contributed by atoms with E-state index in [4.69, 9.17) is 9.47 Å². The van der Waals surface area contributed by atoms with Crippen LogP contribution in [0, 0.1) is 64.1 Å². The van der Waals surface area contributed by atoms with Gasteiger partial charge in [-0.05, 0) is 136 Å². The van der Waals surface area contributed by atoms with Gasteiger partial charge in [0.05, 0.1) is 12.8 Å². The lowest BCUT2D eigenvalue weighted by Crippen LogP contribution is -2.54. The Kier molecular flexibility index (Phi) is 8.70. The number of carbonyl (C=O) groups excluding carboxylic acids is 6. The van der Waals surface area contributed by atoms with E-state index in [-0.39, 0.29) is 78.3 Å². The molecule has 8 aliphatic carbocycles. The zero-order valence-corrected chi connectivity index (χ0v) is 29.7. The van der Waals surface area contributed by atoms with Crippen molar-refractivity contribution in [2.24, 2.45) is 64.1 Å². The van der Waals surface area contributed by atoms with Crippen molar-refractivity contribution < 1.29 is 38.2 Å². The highest BCUT2D eigenvalue weighted by Crippen LogP contribution is 2.65. The summed E-state index contributed by atoms with van der Waals surface area (Å²) in [5.74, 6) is 2.00. The van der Waals surface area contributed by atoms with Crippen molar-refractivity contribution in [2.45, 2.75) is 116 Å². The minimum atomic E-state index is -0.574. The van der Waals surface area contributed by atoms with Gasteiger partial charge in [-0.2, -0.15) is 0 Å². The minimum absolute atomic E-state index is 0.0114. The average Bonchev–Trinajstić information content (AvgIpc) is 3.66. The predicted octanol–water partition coefficient (Wildman–Crippen LogP) is 6.65. The summed E-state index contributed by atoms with van der Waals surface area (Å²) >= 11 is 0. The topological polar surface area (TPSA) is 121 Å². The van der Waals surface area contributed by atoms with E-state index in [2.05, 4.69) is 13.8 Å². The Morgan fingerprint density at radius 3 is 2.34 bits per heavy atom. The summed E-state index contributed by atoms with van der Waals surface area (Å²) in [6.45, 7) is 3.83. The summed E-state index contributed by atoms with van der Waals surface area (Å²) in [6.07, 6.45) is 18.3. The van der Waals surface area contributed by atoms with Crippen LogP contribution in [0.25, 0.3) is 0 Å². The molecular weight excluding hydrogens is 632 g/mol. The normalized spacial score (nSPS) is 42.9. The second kappa shape index (κ2) is 12.8. The van der Waals surface area contributed by atoms with Crippen LogP contribution in [0.2, 0.25) is 0 Å². The molecule has 8 nitrogen and oxygen atoms in total. The molecule has 0 amide bonds. The van der Waals surface area contributed by atoms with Crippen LogP contribution in [-0.4, -0.2) is 47.8 Å². The van der Waals surface area contributed by atoms with Gasteiger partial charge in [-0.1, -0.05) is 31.1 Å². The Hall–Kier alpha value is -3.16. The van der Waals surface area contributed by atoms with Gasteiger partial charge < -0.3 is 9.47 Å². The van der Waals surface area contributed by atoms with Crippen LogP contribution in [0.3, 0.4) is 0 Å². The molecule has 0 aromatic carbocycles. The number of hydrogen-bond donors (Lipinski definition) is 0. The van der Waals surface area contributed by atoms with Crippen molar-refractivity contribution in [3.05, 3.63) is 35.5 Å². The molecule has 8 unspecified atom stereocenters. The van der Waals surface area contributed by atoms with Gasteiger partial charge in [0.2, 0.25) is 0 Å². The first-order chi connectivity index (χ1) is 24.0. The Morgan fingerprint density at radius 1 is 0.760 bits per heavy atom. The Balaban J connectivity index is 0.808. The number of allylic oxidation sites excluding steroid dienone is 5. The monoisotopic (exact) mass is 684 g/mol. The van der Waals surface area contributed by atoms with E-state index in [0.717, 1.165) is 69.8 Å². The molecule has 8 heteroatoms. The van der Waals surface area contributed by atoms with Gasteiger partial charge >= 0.3 is 11.9 Å². The van der Waals surface area contributed by atoms with Gasteiger partial charge in [0.15, 0.2) is 17.3 Å². The first-order valence-corrected chi connectivity index (χ1v) is 19.5. The molecule has 0 bridgehead atoms. The van der Waals surface area contributed by atoms with E-state index in [1.807, 2.05) is 12.2 Å². The number of esters is 2. The van der Waals surface area contributed by atoms with Crippen molar-refractivity contribution in [1.29, 1.82) is 0 Å². The van der Waals surface area contributed by atoms with Crippen molar-refractivity contribution in [3.63, 3.8) is 0 Å². The average molecular weight is 685 g/mol. The molecular formula is C42H52O8. The Morgan fingerprint density at radius 2 is 1.50 bits per heavy atom. The van der Waals surface area contributed by atoms with Gasteiger partial charge in [-0.25, -0.2) is 0 Å². The fraction of sp³-hybridized carbons (Fsp3) is 0.714. The van der Waals surface area contributed by atoms with Crippen molar-refractivity contribution >= 4 is 35.1 Å². The first kappa shape index (κ1) is 34.0. The van der Waals surface area contributed by atoms with E-state index in [1.54, 1.807) is 12.2 Å². The van der Waals surface area contributed by atoms with Crippen LogP contribution in [0.4, 0.5) is 0 Å². The van der Waals surface area contributed by atoms with E-state index >= 15 is 0 Å². The maximum Gasteiger partial charge on any atom is 0.306 e. The highest BCUT2D eigenvalue weighted by atomic mass is 16.5. The molecule has 6 saturated carbocycles. The minimum Gasteiger partial charge on any atom is -0.462 e. The van der Waals surface area contributed by atoms with Crippen LogP contribution < -0.4 is 0 Å². The molecule has 268 valence electrons. The molecule has 12 atom stereocenters. The molecule has 0 heterocycles. The van der Waals surface area contributed by atoms with Gasteiger partial charge in [-0.3, -0.25) is 28.8 Å². The molecule has 0 aliphatic heterocycles. The smallest absolute Gasteiger partial charge is 0.306 e. The molecule has 0 radical (unpaired) electrons. The quantitative estimate of drug-likeness (QED) is 0.274. The van der Waals surface area contributed by atoms with E-state index in [9.17, 15) is 28.8 Å². The molecule has 8 rings (SSSR count). The van der Waals surface area contributed by atoms with Crippen molar-refractivity contribution in [1.82, 2.24) is 0 Å². The van der Waals surface area contributed by atoms with Crippen LogP contribution in [0.1, 0.15) is 110 Å². The third kappa shape index (κ3) is 5.62. The van der Waals surface area contributed by atoms with Gasteiger partial charge in [-0.15, -0.1) is 0 Å². The van der Waals surface area contributed by atoms with Crippen LogP contribution in [0.15, 0.2) is 35.5 Å². The molecule has 0 spiro atoms. The van der Waals surface area contributed by atoms with Crippen LogP contribution in [-0.2, 0) is 38.2 Å². The third-order valence-corrected chi connectivity index (χ3v) is 15.4.